The van der Waals surface area contributed by atoms with E-state index in [4.69, 9.17) is 9.47 Å². The number of methoxy groups -OCH3 is 2. The fourth-order valence-electron chi connectivity index (χ4n) is 5.94. The fourth-order valence-corrected chi connectivity index (χ4v) is 5.94. The second-order valence-electron chi connectivity index (χ2n) is 10.8. The smallest absolute Gasteiger partial charge is 0.416 e. The van der Waals surface area contributed by atoms with Crippen LogP contribution in [-0.4, -0.2) is 75.7 Å². The molecule has 2 aliphatic rings. The summed E-state index contributed by atoms with van der Waals surface area (Å²) in [5.41, 5.74) is 1.98. The van der Waals surface area contributed by atoms with Crippen LogP contribution in [0.25, 0.3) is 0 Å². The zero-order valence-electron chi connectivity index (χ0n) is 23.4. The maximum absolute atomic E-state index is 13.6. The van der Waals surface area contributed by atoms with Crippen molar-refractivity contribution in [2.24, 2.45) is 5.92 Å². The molecule has 9 heteroatoms. The van der Waals surface area contributed by atoms with Crippen LogP contribution in [0.2, 0.25) is 0 Å². The summed E-state index contributed by atoms with van der Waals surface area (Å²) < 4.78 is 51.2. The first-order chi connectivity index (χ1) is 19.7. The van der Waals surface area contributed by atoms with Gasteiger partial charge in [-0.3, -0.25) is 9.69 Å². The summed E-state index contributed by atoms with van der Waals surface area (Å²) in [4.78, 5) is 19.9. The summed E-state index contributed by atoms with van der Waals surface area (Å²) in [6, 6.07) is 21.0. The van der Waals surface area contributed by atoms with E-state index in [9.17, 15) is 18.0 Å². The molecular formula is C32H36F3N3O3. The third-order valence-electron chi connectivity index (χ3n) is 8.23. The molecule has 0 spiro atoms. The lowest BCUT2D eigenvalue weighted by Crippen LogP contribution is -2.48. The normalized spacial score (nSPS) is 19.8. The fraction of sp³-hybridized carbons (Fsp3) is 0.406. The SMILES string of the molecule is COc1ccc(CC(=O)N2C[C@H](CN3CCN(c4cccc(OC)c4)CC3)[C@@H](c3cccc(C(F)(F)F)c3)C2)cc1. The van der Waals surface area contributed by atoms with Crippen molar-refractivity contribution in [2.45, 2.75) is 18.5 Å². The first kappa shape index (κ1) is 28.8. The van der Waals surface area contributed by atoms with Crippen LogP contribution in [0.3, 0.4) is 0 Å². The zero-order valence-corrected chi connectivity index (χ0v) is 23.4. The lowest BCUT2D eigenvalue weighted by atomic mass is 9.87. The van der Waals surface area contributed by atoms with Crippen LogP contribution in [-0.2, 0) is 17.4 Å². The summed E-state index contributed by atoms with van der Waals surface area (Å²) in [6.07, 6.45) is -4.17. The van der Waals surface area contributed by atoms with Gasteiger partial charge in [0.05, 0.1) is 26.2 Å². The van der Waals surface area contributed by atoms with Crippen LogP contribution in [0, 0.1) is 5.92 Å². The van der Waals surface area contributed by atoms with Crippen LogP contribution < -0.4 is 14.4 Å². The molecule has 0 unspecified atom stereocenters. The Bertz CT molecular complexity index is 1320. The van der Waals surface area contributed by atoms with E-state index in [0.29, 0.717) is 18.7 Å². The van der Waals surface area contributed by atoms with Crippen LogP contribution in [0.1, 0.15) is 22.6 Å². The molecule has 1 amide bonds. The lowest BCUT2D eigenvalue weighted by Gasteiger charge is -2.38. The molecule has 2 atom stereocenters. The number of piperazine rings is 1. The molecule has 0 aromatic heterocycles. The number of alkyl halides is 3. The summed E-state index contributed by atoms with van der Waals surface area (Å²) in [5, 5.41) is 0. The highest BCUT2D eigenvalue weighted by Gasteiger charge is 2.39. The Morgan fingerprint density at radius 3 is 2.24 bits per heavy atom. The maximum atomic E-state index is 13.6. The monoisotopic (exact) mass is 567 g/mol. The molecule has 3 aromatic carbocycles. The third kappa shape index (κ3) is 6.96. The Morgan fingerprint density at radius 2 is 1.56 bits per heavy atom. The highest BCUT2D eigenvalue weighted by molar-refractivity contribution is 5.79. The van der Waals surface area contributed by atoms with E-state index in [1.807, 2.05) is 47.4 Å². The topological polar surface area (TPSA) is 45.2 Å². The van der Waals surface area contributed by atoms with Gasteiger partial charge in [0.25, 0.3) is 0 Å². The highest BCUT2D eigenvalue weighted by atomic mass is 19.4. The van der Waals surface area contributed by atoms with Crippen molar-refractivity contribution in [3.8, 4) is 11.5 Å². The number of hydrogen-bond donors (Lipinski definition) is 0. The molecule has 2 fully saturated rings. The first-order valence-electron chi connectivity index (χ1n) is 13.9. The molecule has 6 nitrogen and oxygen atoms in total. The van der Waals surface area contributed by atoms with Crippen LogP contribution in [0.5, 0.6) is 11.5 Å². The summed E-state index contributed by atoms with van der Waals surface area (Å²) in [6.45, 7) is 5.00. The van der Waals surface area contributed by atoms with Gasteiger partial charge in [-0.05, 0) is 47.4 Å². The van der Waals surface area contributed by atoms with Gasteiger partial charge in [0.1, 0.15) is 11.5 Å². The van der Waals surface area contributed by atoms with Gasteiger partial charge in [-0.1, -0.05) is 36.4 Å². The third-order valence-corrected chi connectivity index (χ3v) is 8.23. The van der Waals surface area contributed by atoms with Crippen LogP contribution in [0.15, 0.2) is 72.8 Å². The minimum absolute atomic E-state index is 0.0162. The number of hydrogen-bond acceptors (Lipinski definition) is 5. The molecule has 5 rings (SSSR count). The summed E-state index contributed by atoms with van der Waals surface area (Å²) in [7, 11) is 3.25. The summed E-state index contributed by atoms with van der Waals surface area (Å²) in [5.74, 6) is 1.38. The van der Waals surface area contributed by atoms with Crippen LogP contribution in [0.4, 0.5) is 18.9 Å². The van der Waals surface area contributed by atoms with Gasteiger partial charge in [0, 0.05) is 63.5 Å². The molecule has 0 saturated carbocycles. The summed E-state index contributed by atoms with van der Waals surface area (Å²) >= 11 is 0. The van der Waals surface area contributed by atoms with Gasteiger partial charge in [-0.15, -0.1) is 0 Å². The van der Waals surface area contributed by atoms with Crippen molar-refractivity contribution in [1.82, 2.24) is 9.80 Å². The highest BCUT2D eigenvalue weighted by Crippen LogP contribution is 2.37. The second kappa shape index (κ2) is 12.4. The molecule has 2 aliphatic heterocycles. The predicted octanol–water partition coefficient (Wildman–Crippen LogP) is 5.33. The molecule has 2 heterocycles. The van der Waals surface area contributed by atoms with E-state index in [0.717, 1.165) is 61.5 Å². The van der Waals surface area contributed by atoms with Crippen molar-refractivity contribution in [3.05, 3.63) is 89.5 Å². The Morgan fingerprint density at radius 1 is 0.854 bits per heavy atom. The second-order valence-corrected chi connectivity index (χ2v) is 10.8. The Labute approximate surface area is 239 Å². The van der Waals surface area contributed by atoms with Crippen molar-refractivity contribution in [2.75, 3.05) is 64.9 Å². The largest absolute Gasteiger partial charge is 0.497 e. The number of halogens is 3. The van der Waals surface area contributed by atoms with Crippen molar-refractivity contribution < 1.29 is 27.4 Å². The van der Waals surface area contributed by atoms with E-state index >= 15 is 0 Å². The van der Waals surface area contributed by atoms with E-state index in [2.05, 4.69) is 15.9 Å². The van der Waals surface area contributed by atoms with Gasteiger partial charge in [0.15, 0.2) is 0 Å². The number of anilines is 1. The van der Waals surface area contributed by atoms with Crippen LogP contribution >= 0.6 is 0 Å². The molecule has 0 N–H and O–H groups in total. The minimum atomic E-state index is -4.41. The zero-order chi connectivity index (χ0) is 29.0. The number of ether oxygens (including phenoxy) is 2. The molecule has 0 bridgehead atoms. The van der Waals surface area contributed by atoms with Crippen molar-refractivity contribution in [1.29, 1.82) is 0 Å². The molecule has 41 heavy (non-hydrogen) atoms. The average Bonchev–Trinajstić information content (AvgIpc) is 3.41. The van der Waals surface area contributed by atoms with E-state index in [1.54, 1.807) is 20.3 Å². The Kier molecular flexibility index (Phi) is 8.73. The number of benzene rings is 3. The van der Waals surface area contributed by atoms with E-state index in [-0.39, 0.29) is 24.2 Å². The molecule has 3 aromatic rings. The standard InChI is InChI=1S/C32H36F3N3O3/c1-40-28-11-9-23(10-12-28)17-31(39)38-21-25(30(22-38)24-5-3-6-26(18-24)32(33,34)35)20-36-13-15-37(16-14-36)27-7-4-8-29(19-27)41-2/h3-12,18-19,25,30H,13-17,20-22H2,1-2H3/t25-,30+/m0/s1. The number of carbonyl (C=O) groups is 1. The Balaban J connectivity index is 1.29. The van der Waals surface area contributed by atoms with Gasteiger partial charge in [-0.25, -0.2) is 0 Å². The molecule has 2 saturated heterocycles. The predicted molar refractivity (Wildman–Crippen MR) is 153 cm³/mol. The molecule has 0 aliphatic carbocycles. The number of likely N-dealkylation sites (tertiary alicyclic amines) is 1. The number of carbonyl (C=O) groups excluding carboxylic acids is 1. The van der Waals surface area contributed by atoms with Crippen molar-refractivity contribution in [3.63, 3.8) is 0 Å². The van der Waals surface area contributed by atoms with Crippen molar-refractivity contribution >= 4 is 11.6 Å². The number of amides is 1. The minimum Gasteiger partial charge on any atom is -0.497 e. The Hall–Kier alpha value is -3.72. The molecular weight excluding hydrogens is 531 g/mol. The number of rotatable bonds is 8. The number of nitrogens with zero attached hydrogens (tertiary/aromatic N) is 3. The molecule has 218 valence electrons. The average molecular weight is 568 g/mol. The molecule has 0 radical (unpaired) electrons. The van der Waals surface area contributed by atoms with E-state index < -0.39 is 11.7 Å². The van der Waals surface area contributed by atoms with Gasteiger partial charge >= 0.3 is 6.18 Å². The maximum Gasteiger partial charge on any atom is 0.416 e. The van der Waals surface area contributed by atoms with Gasteiger partial charge in [0.2, 0.25) is 5.91 Å². The lowest BCUT2D eigenvalue weighted by molar-refractivity contribution is -0.137. The van der Waals surface area contributed by atoms with Gasteiger partial charge < -0.3 is 19.3 Å². The van der Waals surface area contributed by atoms with Gasteiger partial charge in [-0.2, -0.15) is 13.2 Å². The van der Waals surface area contributed by atoms with E-state index in [1.165, 1.54) is 12.1 Å². The first-order valence-corrected chi connectivity index (χ1v) is 13.9. The quantitative estimate of drug-likeness (QED) is 0.368.